The first-order valence-corrected chi connectivity index (χ1v) is 10.5. The second-order valence-electron chi connectivity index (χ2n) is 6.74. The molecule has 0 saturated carbocycles. The molecule has 4 nitrogen and oxygen atoms in total. The van der Waals surface area contributed by atoms with Crippen molar-refractivity contribution >= 4 is 23.2 Å². The number of rotatable bonds is 11. The Morgan fingerprint density at radius 3 is 2.57 bits per heavy atom. The van der Waals surface area contributed by atoms with Crippen LogP contribution in [-0.2, 0) is 6.42 Å². The summed E-state index contributed by atoms with van der Waals surface area (Å²) in [5.41, 5.74) is 1.76. The van der Waals surface area contributed by atoms with E-state index in [1.165, 1.54) is 31.2 Å². The molecule has 2 aromatic rings. The van der Waals surface area contributed by atoms with Gasteiger partial charge in [-0.1, -0.05) is 69.0 Å². The second kappa shape index (κ2) is 12.9. The highest BCUT2D eigenvalue weighted by molar-refractivity contribution is 7.80. The third kappa shape index (κ3) is 8.53. The Balaban J connectivity index is 1.72. The molecule has 2 rings (SSSR count). The zero-order valence-electron chi connectivity index (χ0n) is 16.6. The normalized spacial score (nSPS) is 10.3. The number of unbranched alkanes of at least 4 members (excludes halogenated alkanes) is 4. The Bertz CT molecular complexity index is 734. The number of carbonyl (C=O) groups excluding carboxylic acids is 1. The van der Waals surface area contributed by atoms with Crippen LogP contribution in [0.1, 0.15) is 54.9 Å². The van der Waals surface area contributed by atoms with Crippen molar-refractivity contribution in [2.24, 2.45) is 0 Å². The Morgan fingerprint density at radius 1 is 1.00 bits per heavy atom. The molecule has 0 bridgehead atoms. The standard InChI is InChI=1S/C23H30N2O2S/c1-2-3-4-5-9-16-24-23(28)25-22(26)20-13-10-14-21(18-20)27-17-15-19-11-7-6-8-12-19/h6-8,10-14,18H,2-5,9,15-17H2,1H3,(H2,24,25,26,28). The lowest BCUT2D eigenvalue weighted by molar-refractivity contribution is 0.0976. The number of nitrogens with one attached hydrogen (secondary N) is 2. The van der Waals surface area contributed by atoms with Gasteiger partial charge in [-0.3, -0.25) is 10.1 Å². The van der Waals surface area contributed by atoms with Crippen molar-refractivity contribution in [3.05, 3.63) is 65.7 Å². The molecule has 2 aromatic carbocycles. The fraction of sp³-hybridized carbons (Fsp3) is 0.391. The van der Waals surface area contributed by atoms with E-state index in [2.05, 4.69) is 29.7 Å². The maximum atomic E-state index is 12.4. The lowest BCUT2D eigenvalue weighted by Crippen LogP contribution is -2.39. The van der Waals surface area contributed by atoms with E-state index in [1.54, 1.807) is 12.1 Å². The Kier molecular flexibility index (Phi) is 10.1. The summed E-state index contributed by atoms with van der Waals surface area (Å²) in [5.74, 6) is 0.454. The maximum absolute atomic E-state index is 12.4. The Morgan fingerprint density at radius 2 is 1.79 bits per heavy atom. The van der Waals surface area contributed by atoms with Crippen LogP contribution in [0.5, 0.6) is 5.75 Å². The number of hydrogen-bond donors (Lipinski definition) is 2. The average Bonchev–Trinajstić information content (AvgIpc) is 2.71. The van der Waals surface area contributed by atoms with Gasteiger partial charge in [0.2, 0.25) is 0 Å². The van der Waals surface area contributed by atoms with Gasteiger partial charge < -0.3 is 10.1 Å². The lowest BCUT2D eigenvalue weighted by Gasteiger charge is -2.11. The van der Waals surface area contributed by atoms with Crippen molar-refractivity contribution in [2.75, 3.05) is 13.2 Å². The molecule has 0 aromatic heterocycles. The molecule has 1 amide bonds. The summed E-state index contributed by atoms with van der Waals surface area (Å²) < 4.78 is 5.79. The summed E-state index contributed by atoms with van der Waals surface area (Å²) in [7, 11) is 0. The van der Waals surface area contributed by atoms with Crippen molar-refractivity contribution in [3.63, 3.8) is 0 Å². The van der Waals surface area contributed by atoms with Gasteiger partial charge in [-0.15, -0.1) is 0 Å². The van der Waals surface area contributed by atoms with Crippen LogP contribution in [0.4, 0.5) is 0 Å². The molecular weight excluding hydrogens is 368 g/mol. The molecule has 0 unspecified atom stereocenters. The third-order valence-electron chi connectivity index (χ3n) is 4.39. The first-order chi connectivity index (χ1) is 13.7. The predicted molar refractivity (Wildman–Crippen MR) is 119 cm³/mol. The molecule has 5 heteroatoms. The van der Waals surface area contributed by atoms with E-state index in [9.17, 15) is 4.79 Å². The van der Waals surface area contributed by atoms with Crippen LogP contribution in [0, 0.1) is 0 Å². The van der Waals surface area contributed by atoms with Gasteiger partial charge in [0, 0.05) is 18.5 Å². The highest BCUT2D eigenvalue weighted by Gasteiger charge is 2.08. The SMILES string of the molecule is CCCCCCCNC(=S)NC(=O)c1cccc(OCCc2ccccc2)c1. The Hall–Kier alpha value is -2.40. The van der Waals surface area contributed by atoms with Crippen LogP contribution in [0.3, 0.4) is 0 Å². The van der Waals surface area contributed by atoms with Gasteiger partial charge in [0.1, 0.15) is 5.75 Å². The molecule has 0 aliphatic heterocycles. The molecule has 0 radical (unpaired) electrons. The number of ether oxygens (including phenoxy) is 1. The van der Waals surface area contributed by atoms with Gasteiger partial charge in [0.25, 0.3) is 5.91 Å². The van der Waals surface area contributed by atoms with Crippen molar-refractivity contribution < 1.29 is 9.53 Å². The monoisotopic (exact) mass is 398 g/mol. The van der Waals surface area contributed by atoms with E-state index in [4.69, 9.17) is 17.0 Å². The minimum Gasteiger partial charge on any atom is -0.493 e. The van der Waals surface area contributed by atoms with Crippen LogP contribution in [0.2, 0.25) is 0 Å². The minimum atomic E-state index is -0.225. The maximum Gasteiger partial charge on any atom is 0.257 e. The molecule has 150 valence electrons. The molecule has 28 heavy (non-hydrogen) atoms. The van der Waals surface area contributed by atoms with Crippen LogP contribution in [0.25, 0.3) is 0 Å². The summed E-state index contributed by atoms with van der Waals surface area (Å²) in [5, 5.41) is 6.20. The van der Waals surface area contributed by atoms with Crippen LogP contribution >= 0.6 is 12.2 Å². The van der Waals surface area contributed by atoms with Crippen molar-refractivity contribution in [1.29, 1.82) is 0 Å². The molecule has 0 saturated heterocycles. The third-order valence-corrected chi connectivity index (χ3v) is 4.64. The zero-order valence-corrected chi connectivity index (χ0v) is 17.4. The van der Waals surface area contributed by atoms with Crippen molar-refractivity contribution in [2.45, 2.75) is 45.4 Å². The van der Waals surface area contributed by atoms with Gasteiger partial charge in [0.05, 0.1) is 6.61 Å². The molecule has 2 N–H and O–H groups in total. The largest absolute Gasteiger partial charge is 0.493 e. The van der Waals surface area contributed by atoms with Crippen LogP contribution < -0.4 is 15.4 Å². The van der Waals surface area contributed by atoms with E-state index in [1.807, 2.05) is 30.3 Å². The highest BCUT2D eigenvalue weighted by atomic mass is 32.1. The number of thiocarbonyl (C=S) groups is 1. The summed E-state index contributed by atoms with van der Waals surface area (Å²) in [6, 6.07) is 17.4. The molecule has 0 heterocycles. The van der Waals surface area contributed by atoms with E-state index >= 15 is 0 Å². The summed E-state index contributed by atoms with van der Waals surface area (Å²) in [6.07, 6.45) is 6.81. The smallest absolute Gasteiger partial charge is 0.257 e. The predicted octanol–water partition coefficient (Wildman–Crippen LogP) is 4.88. The fourth-order valence-corrected chi connectivity index (χ4v) is 3.00. The molecule has 0 spiro atoms. The average molecular weight is 399 g/mol. The topological polar surface area (TPSA) is 50.4 Å². The summed E-state index contributed by atoms with van der Waals surface area (Å²) >= 11 is 5.21. The molecule has 0 atom stereocenters. The van der Waals surface area contributed by atoms with E-state index in [0.717, 1.165) is 19.4 Å². The van der Waals surface area contributed by atoms with Gasteiger partial charge in [-0.25, -0.2) is 0 Å². The molecule has 0 fully saturated rings. The van der Waals surface area contributed by atoms with Crippen molar-refractivity contribution in [1.82, 2.24) is 10.6 Å². The van der Waals surface area contributed by atoms with Crippen molar-refractivity contribution in [3.8, 4) is 5.75 Å². The number of amides is 1. The van der Waals surface area contributed by atoms with E-state index in [-0.39, 0.29) is 5.91 Å². The lowest BCUT2D eigenvalue weighted by atomic mass is 10.1. The van der Waals surface area contributed by atoms with E-state index in [0.29, 0.717) is 23.0 Å². The summed E-state index contributed by atoms with van der Waals surface area (Å²) in [4.78, 5) is 12.4. The highest BCUT2D eigenvalue weighted by Crippen LogP contribution is 2.14. The zero-order chi connectivity index (χ0) is 20.0. The number of carbonyl (C=O) groups is 1. The molecular formula is C23H30N2O2S. The van der Waals surface area contributed by atoms with E-state index < -0.39 is 0 Å². The summed E-state index contributed by atoms with van der Waals surface area (Å²) in [6.45, 7) is 3.55. The number of hydrogen-bond acceptors (Lipinski definition) is 3. The molecule has 0 aliphatic rings. The van der Waals surface area contributed by atoms with Gasteiger partial charge in [-0.2, -0.15) is 0 Å². The first kappa shape index (κ1) is 21.9. The molecule has 0 aliphatic carbocycles. The fourth-order valence-electron chi connectivity index (χ4n) is 2.81. The quantitative estimate of drug-likeness (QED) is 0.418. The van der Waals surface area contributed by atoms with Gasteiger partial charge >= 0.3 is 0 Å². The van der Waals surface area contributed by atoms with Gasteiger partial charge in [0.15, 0.2) is 5.11 Å². The van der Waals surface area contributed by atoms with Crippen LogP contribution in [-0.4, -0.2) is 24.2 Å². The first-order valence-electron chi connectivity index (χ1n) is 10.0. The number of benzene rings is 2. The minimum absolute atomic E-state index is 0.225. The Labute approximate surface area is 173 Å². The second-order valence-corrected chi connectivity index (χ2v) is 7.14. The van der Waals surface area contributed by atoms with Gasteiger partial charge in [-0.05, 0) is 42.4 Å². The van der Waals surface area contributed by atoms with Crippen LogP contribution in [0.15, 0.2) is 54.6 Å².